The largest absolute Gasteiger partial charge is 0.0683 e. The van der Waals surface area contributed by atoms with Crippen molar-refractivity contribution in [2.75, 3.05) is 0 Å². The van der Waals surface area contributed by atoms with Crippen molar-refractivity contribution in [1.29, 1.82) is 0 Å². The third-order valence-electron chi connectivity index (χ3n) is 4.20. The van der Waals surface area contributed by atoms with Crippen LogP contribution in [0.25, 0.3) is 0 Å². The Kier molecular flexibility index (Phi) is 12.5. The van der Waals surface area contributed by atoms with E-state index in [2.05, 4.69) is 13.8 Å². The summed E-state index contributed by atoms with van der Waals surface area (Å²) in [4.78, 5) is 0. The highest BCUT2D eigenvalue weighted by atomic mass is 14.2. The van der Waals surface area contributed by atoms with E-state index in [-0.39, 0.29) is 0 Å². The first kappa shape index (κ1) is 17.0. The summed E-state index contributed by atoms with van der Waals surface area (Å²) in [6.07, 6.45) is 16.4. The maximum absolute atomic E-state index is 2.36. The lowest BCUT2D eigenvalue weighted by Crippen LogP contribution is -2.03. The SMILES string of the molecule is CC.CC1CCCCC1.CCC1CCCCC1. The highest BCUT2D eigenvalue weighted by Crippen LogP contribution is 2.25. The first-order chi connectivity index (χ1) is 8.33. The third-order valence-corrected chi connectivity index (χ3v) is 4.20. The molecule has 0 heterocycles. The van der Waals surface area contributed by atoms with Gasteiger partial charge in [0.15, 0.2) is 0 Å². The van der Waals surface area contributed by atoms with Gasteiger partial charge in [-0.1, -0.05) is 98.3 Å². The summed E-state index contributed by atoms with van der Waals surface area (Å²) in [5.41, 5.74) is 0. The van der Waals surface area contributed by atoms with Crippen molar-refractivity contribution in [3.8, 4) is 0 Å². The molecule has 0 amide bonds. The van der Waals surface area contributed by atoms with Crippen LogP contribution in [0.5, 0.6) is 0 Å². The Morgan fingerprint density at radius 1 is 0.706 bits per heavy atom. The van der Waals surface area contributed by atoms with Crippen LogP contribution in [-0.4, -0.2) is 0 Å². The van der Waals surface area contributed by atoms with E-state index in [4.69, 9.17) is 0 Å². The van der Waals surface area contributed by atoms with Crippen LogP contribution >= 0.6 is 0 Å². The summed E-state index contributed by atoms with van der Waals surface area (Å²) in [5, 5.41) is 0. The van der Waals surface area contributed by atoms with Crippen LogP contribution in [0.15, 0.2) is 0 Å². The van der Waals surface area contributed by atoms with Gasteiger partial charge in [0, 0.05) is 0 Å². The molecule has 104 valence electrons. The number of hydrogen-bond donors (Lipinski definition) is 0. The molecule has 0 aromatic carbocycles. The molecule has 2 aliphatic rings. The lowest BCUT2D eigenvalue weighted by atomic mass is 9.88. The third kappa shape index (κ3) is 9.68. The molecule has 0 spiro atoms. The fourth-order valence-electron chi connectivity index (χ4n) is 2.90. The molecule has 0 bridgehead atoms. The average Bonchev–Trinajstić information content (AvgIpc) is 2.43. The van der Waals surface area contributed by atoms with Crippen LogP contribution in [0, 0.1) is 11.8 Å². The molecule has 2 rings (SSSR count). The van der Waals surface area contributed by atoms with E-state index in [1.165, 1.54) is 70.6 Å². The molecular weight excluding hydrogens is 204 g/mol. The Bertz CT molecular complexity index is 127. The van der Waals surface area contributed by atoms with Crippen LogP contribution in [0.2, 0.25) is 0 Å². The van der Waals surface area contributed by atoms with Crippen LogP contribution in [0.3, 0.4) is 0 Å². The van der Waals surface area contributed by atoms with Crippen molar-refractivity contribution in [3.05, 3.63) is 0 Å². The average molecular weight is 240 g/mol. The van der Waals surface area contributed by atoms with Crippen LogP contribution in [0.4, 0.5) is 0 Å². The fraction of sp³-hybridized carbons (Fsp3) is 1.00. The maximum atomic E-state index is 2.36. The molecule has 0 heteroatoms. The molecule has 0 unspecified atom stereocenters. The lowest BCUT2D eigenvalue weighted by molar-refractivity contribution is 0.349. The van der Waals surface area contributed by atoms with E-state index in [0.29, 0.717) is 0 Å². The molecule has 17 heavy (non-hydrogen) atoms. The Morgan fingerprint density at radius 3 is 1.35 bits per heavy atom. The summed E-state index contributed by atoms with van der Waals surface area (Å²) in [7, 11) is 0. The van der Waals surface area contributed by atoms with Gasteiger partial charge in [0.2, 0.25) is 0 Å². The molecule has 0 aromatic rings. The normalized spacial score (nSPS) is 21.9. The monoisotopic (exact) mass is 240 g/mol. The fourth-order valence-corrected chi connectivity index (χ4v) is 2.90. The van der Waals surface area contributed by atoms with Gasteiger partial charge in [-0.2, -0.15) is 0 Å². The molecule has 0 aliphatic heterocycles. The van der Waals surface area contributed by atoms with Crippen LogP contribution in [0.1, 0.15) is 98.3 Å². The zero-order chi connectivity index (χ0) is 12.9. The van der Waals surface area contributed by atoms with Gasteiger partial charge in [-0.25, -0.2) is 0 Å². The molecule has 0 N–H and O–H groups in total. The highest BCUT2D eigenvalue weighted by molar-refractivity contribution is 4.63. The minimum atomic E-state index is 1.04. The molecule has 0 aromatic heterocycles. The zero-order valence-corrected chi connectivity index (χ0v) is 12.9. The van der Waals surface area contributed by atoms with Gasteiger partial charge in [0.25, 0.3) is 0 Å². The lowest BCUT2D eigenvalue weighted by Gasteiger charge is -2.18. The van der Waals surface area contributed by atoms with Crippen molar-refractivity contribution < 1.29 is 0 Å². The van der Waals surface area contributed by atoms with Gasteiger partial charge < -0.3 is 0 Å². The van der Waals surface area contributed by atoms with E-state index >= 15 is 0 Å². The highest BCUT2D eigenvalue weighted by Gasteiger charge is 2.09. The van der Waals surface area contributed by atoms with Crippen LogP contribution in [-0.2, 0) is 0 Å². The first-order valence-corrected chi connectivity index (χ1v) is 8.33. The van der Waals surface area contributed by atoms with E-state index in [1.807, 2.05) is 13.8 Å². The second-order valence-electron chi connectivity index (χ2n) is 5.66. The van der Waals surface area contributed by atoms with E-state index in [1.54, 1.807) is 0 Å². The molecular formula is C17H36. The number of hydrogen-bond acceptors (Lipinski definition) is 0. The topological polar surface area (TPSA) is 0 Å². The molecule has 2 aliphatic carbocycles. The minimum Gasteiger partial charge on any atom is -0.0683 e. The van der Waals surface area contributed by atoms with Crippen molar-refractivity contribution >= 4 is 0 Å². The molecule has 0 nitrogen and oxygen atoms in total. The predicted molar refractivity (Wildman–Crippen MR) is 80.5 cm³/mol. The maximum Gasteiger partial charge on any atom is -0.0417 e. The van der Waals surface area contributed by atoms with Gasteiger partial charge >= 0.3 is 0 Å². The zero-order valence-electron chi connectivity index (χ0n) is 12.9. The van der Waals surface area contributed by atoms with Gasteiger partial charge in [0.1, 0.15) is 0 Å². The van der Waals surface area contributed by atoms with Crippen molar-refractivity contribution in [2.24, 2.45) is 11.8 Å². The Morgan fingerprint density at radius 2 is 1.12 bits per heavy atom. The quantitative estimate of drug-likeness (QED) is 0.485. The molecule has 2 saturated carbocycles. The molecule has 0 atom stereocenters. The van der Waals surface area contributed by atoms with E-state index in [9.17, 15) is 0 Å². The second-order valence-corrected chi connectivity index (χ2v) is 5.66. The Balaban J connectivity index is 0.000000265. The van der Waals surface area contributed by atoms with E-state index in [0.717, 1.165) is 11.8 Å². The smallest absolute Gasteiger partial charge is 0.0417 e. The Hall–Kier alpha value is 0. The van der Waals surface area contributed by atoms with Crippen molar-refractivity contribution in [3.63, 3.8) is 0 Å². The summed E-state index contributed by atoms with van der Waals surface area (Å²) >= 11 is 0. The van der Waals surface area contributed by atoms with Gasteiger partial charge in [0.05, 0.1) is 0 Å². The Labute approximate surface area is 111 Å². The van der Waals surface area contributed by atoms with Crippen molar-refractivity contribution in [1.82, 2.24) is 0 Å². The van der Waals surface area contributed by atoms with Gasteiger partial charge in [-0.3, -0.25) is 0 Å². The summed E-state index contributed by atoms with van der Waals surface area (Å²) < 4.78 is 0. The first-order valence-electron chi connectivity index (χ1n) is 8.33. The molecule has 0 radical (unpaired) electrons. The summed E-state index contributed by atoms with van der Waals surface area (Å²) in [5.74, 6) is 2.12. The van der Waals surface area contributed by atoms with Gasteiger partial charge in [-0.15, -0.1) is 0 Å². The molecule has 2 fully saturated rings. The standard InChI is InChI=1S/C8H16.C7H14.C2H6/c1-2-8-6-4-3-5-7-8;1-7-5-3-2-4-6-7;1-2/h8H,2-7H2,1H3;7H,2-6H2,1H3;1-2H3. The minimum absolute atomic E-state index is 1.04. The van der Waals surface area contributed by atoms with Gasteiger partial charge in [-0.05, 0) is 11.8 Å². The molecule has 0 saturated heterocycles. The summed E-state index contributed by atoms with van der Waals surface area (Å²) in [6.45, 7) is 8.68. The van der Waals surface area contributed by atoms with E-state index < -0.39 is 0 Å². The predicted octanol–water partition coefficient (Wildman–Crippen LogP) is 6.59. The van der Waals surface area contributed by atoms with Crippen LogP contribution < -0.4 is 0 Å². The summed E-state index contributed by atoms with van der Waals surface area (Å²) in [6, 6.07) is 0. The van der Waals surface area contributed by atoms with Crippen molar-refractivity contribution in [2.45, 2.75) is 98.3 Å². The number of rotatable bonds is 1. The second kappa shape index (κ2) is 12.5.